The lowest BCUT2D eigenvalue weighted by molar-refractivity contribution is 0.598. The summed E-state index contributed by atoms with van der Waals surface area (Å²) in [5.41, 5.74) is 1.56. The minimum absolute atomic E-state index is 0.0670. The lowest BCUT2D eigenvalue weighted by atomic mass is 10.1. The third-order valence-corrected chi connectivity index (χ3v) is 5.36. The Morgan fingerprint density at radius 3 is 2.53 bits per heavy atom. The number of para-hydroxylation sites is 1. The van der Waals surface area contributed by atoms with Crippen molar-refractivity contribution in [3.05, 3.63) is 59.1 Å². The average Bonchev–Trinajstić information content (AvgIpc) is 2.65. The van der Waals surface area contributed by atoms with Gasteiger partial charge in [0.05, 0.1) is 27.4 Å². The van der Waals surface area contributed by atoms with Gasteiger partial charge in [-0.15, -0.1) is 0 Å². The first-order valence-electron chi connectivity index (χ1n) is 5.91. The molecule has 98 valence electrons. The number of sulfone groups is 1. The Morgan fingerprint density at radius 2 is 1.74 bits per heavy atom. The number of nitrogens with one attached hydrogen (secondary N) is 1. The number of benzene rings is 2. The molecular weight excluding hydrogens is 282 g/mol. The van der Waals surface area contributed by atoms with Crippen molar-refractivity contribution >= 4 is 27.1 Å². The van der Waals surface area contributed by atoms with Crippen LogP contribution in [0.25, 0.3) is 0 Å². The van der Waals surface area contributed by atoms with Crippen LogP contribution < -0.4 is 5.32 Å². The Kier molecular flexibility index (Phi) is 2.99. The molecular formula is C14H12ClNO2S. The van der Waals surface area contributed by atoms with Crippen molar-refractivity contribution in [3.63, 3.8) is 0 Å². The predicted octanol–water partition coefficient (Wildman–Crippen LogP) is 3.28. The zero-order valence-electron chi connectivity index (χ0n) is 10.0. The normalized spacial score (nSPS) is 19.9. The largest absolute Gasteiger partial charge is 0.376 e. The van der Waals surface area contributed by atoms with Crippen LogP contribution in [-0.4, -0.2) is 14.2 Å². The van der Waals surface area contributed by atoms with Crippen molar-refractivity contribution in [1.29, 1.82) is 0 Å². The van der Waals surface area contributed by atoms with Crippen molar-refractivity contribution in [1.82, 2.24) is 0 Å². The fraction of sp³-hybridized carbons (Fsp3) is 0.143. The van der Waals surface area contributed by atoms with Gasteiger partial charge in [0, 0.05) is 0 Å². The maximum atomic E-state index is 12.1. The number of hydrogen-bond donors (Lipinski definition) is 1. The highest BCUT2D eigenvalue weighted by Crippen LogP contribution is 2.36. The molecule has 0 spiro atoms. The third-order valence-electron chi connectivity index (χ3n) is 3.22. The van der Waals surface area contributed by atoms with Gasteiger partial charge in [-0.1, -0.05) is 41.9 Å². The first-order chi connectivity index (χ1) is 9.08. The van der Waals surface area contributed by atoms with Crippen LogP contribution in [-0.2, 0) is 9.84 Å². The lowest BCUT2D eigenvalue weighted by Crippen LogP contribution is -2.13. The van der Waals surface area contributed by atoms with Crippen molar-refractivity contribution in [3.8, 4) is 0 Å². The molecule has 2 aromatic carbocycles. The highest BCUT2D eigenvalue weighted by molar-refractivity contribution is 7.91. The van der Waals surface area contributed by atoms with Crippen LogP contribution in [0.3, 0.4) is 0 Å². The molecule has 2 aromatic rings. The second kappa shape index (κ2) is 4.54. The predicted molar refractivity (Wildman–Crippen MR) is 76.3 cm³/mol. The number of anilines is 1. The minimum Gasteiger partial charge on any atom is -0.376 e. The second-order valence-corrected chi connectivity index (χ2v) is 6.91. The van der Waals surface area contributed by atoms with E-state index in [2.05, 4.69) is 5.32 Å². The minimum atomic E-state index is -3.19. The van der Waals surface area contributed by atoms with E-state index in [1.165, 1.54) is 0 Å². The smallest absolute Gasteiger partial charge is 0.181 e. The van der Waals surface area contributed by atoms with E-state index in [0.29, 0.717) is 9.92 Å². The van der Waals surface area contributed by atoms with Gasteiger partial charge in [0.15, 0.2) is 9.84 Å². The fourth-order valence-corrected chi connectivity index (χ4v) is 4.26. The summed E-state index contributed by atoms with van der Waals surface area (Å²) >= 11 is 6.09. The third kappa shape index (κ3) is 2.22. The Labute approximate surface area is 117 Å². The number of fused-ring (bicyclic) bond motifs is 1. The number of halogens is 1. The zero-order chi connectivity index (χ0) is 13.5. The van der Waals surface area contributed by atoms with E-state index in [1.807, 2.05) is 30.3 Å². The summed E-state index contributed by atoms with van der Waals surface area (Å²) in [6.07, 6.45) is 0. The van der Waals surface area contributed by atoms with Crippen molar-refractivity contribution in [2.75, 3.05) is 11.1 Å². The van der Waals surface area contributed by atoms with Gasteiger partial charge in [-0.25, -0.2) is 8.42 Å². The summed E-state index contributed by atoms with van der Waals surface area (Å²) in [5, 5.41) is 3.80. The summed E-state index contributed by atoms with van der Waals surface area (Å²) in [4.78, 5) is 0.416. The Morgan fingerprint density at radius 1 is 1.05 bits per heavy atom. The van der Waals surface area contributed by atoms with E-state index in [-0.39, 0.29) is 11.8 Å². The number of rotatable bonds is 2. The summed E-state index contributed by atoms with van der Waals surface area (Å²) in [6.45, 7) is 0. The Hall–Kier alpha value is -1.52. The quantitative estimate of drug-likeness (QED) is 0.924. The molecule has 3 nitrogen and oxygen atoms in total. The highest BCUT2D eigenvalue weighted by Gasteiger charge is 2.34. The van der Waals surface area contributed by atoms with E-state index >= 15 is 0 Å². The van der Waals surface area contributed by atoms with E-state index in [0.717, 1.165) is 11.3 Å². The Balaban J connectivity index is 1.99. The molecule has 5 heteroatoms. The monoisotopic (exact) mass is 293 g/mol. The molecule has 1 atom stereocenters. The molecule has 0 fully saturated rings. The Bertz CT molecular complexity index is 728. The van der Waals surface area contributed by atoms with E-state index in [9.17, 15) is 8.42 Å². The molecule has 0 radical (unpaired) electrons. The molecule has 0 saturated carbocycles. The van der Waals surface area contributed by atoms with Crippen molar-refractivity contribution in [2.24, 2.45) is 0 Å². The van der Waals surface area contributed by atoms with Crippen LogP contribution in [0.4, 0.5) is 5.69 Å². The number of hydrogen-bond acceptors (Lipinski definition) is 3. The van der Waals surface area contributed by atoms with Crippen LogP contribution in [0, 0.1) is 0 Å². The van der Waals surface area contributed by atoms with Crippen molar-refractivity contribution in [2.45, 2.75) is 10.9 Å². The van der Waals surface area contributed by atoms with Gasteiger partial charge < -0.3 is 5.32 Å². The topological polar surface area (TPSA) is 46.2 Å². The van der Waals surface area contributed by atoms with Gasteiger partial charge in [-0.2, -0.15) is 0 Å². The van der Waals surface area contributed by atoms with Gasteiger partial charge in [0.1, 0.15) is 0 Å². The van der Waals surface area contributed by atoms with E-state index in [4.69, 9.17) is 11.6 Å². The molecule has 1 N–H and O–H groups in total. The van der Waals surface area contributed by atoms with Crippen LogP contribution >= 0.6 is 11.6 Å². The molecule has 1 aliphatic rings. The van der Waals surface area contributed by atoms with Gasteiger partial charge in [-0.3, -0.25) is 0 Å². The fourth-order valence-electron chi connectivity index (χ4n) is 2.34. The molecule has 19 heavy (non-hydrogen) atoms. The van der Waals surface area contributed by atoms with Gasteiger partial charge in [0.25, 0.3) is 0 Å². The maximum Gasteiger partial charge on any atom is 0.181 e. The second-order valence-electron chi connectivity index (χ2n) is 4.50. The van der Waals surface area contributed by atoms with Crippen LogP contribution in [0.5, 0.6) is 0 Å². The van der Waals surface area contributed by atoms with Gasteiger partial charge >= 0.3 is 0 Å². The standard InChI is InChI=1S/C14H12ClNO2S/c15-11-6-2-3-7-12(11)16-13-9-19(17,18)14-8-4-1-5-10(13)14/h1-8,13,16H,9H2. The van der Waals surface area contributed by atoms with Crippen molar-refractivity contribution < 1.29 is 8.42 Å². The lowest BCUT2D eigenvalue weighted by Gasteiger charge is -2.15. The summed E-state index contributed by atoms with van der Waals surface area (Å²) in [7, 11) is -3.19. The molecule has 1 unspecified atom stereocenters. The summed E-state index contributed by atoms with van der Waals surface area (Å²) in [5.74, 6) is 0.0670. The average molecular weight is 294 g/mol. The highest BCUT2D eigenvalue weighted by atomic mass is 35.5. The molecule has 0 bridgehead atoms. The molecule has 0 saturated heterocycles. The SMILES string of the molecule is O=S1(=O)CC(Nc2ccccc2Cl)c2ccccc21. The van der Waals surface area contributed by atoms with Gasteiger partial charge in [-0.05, 0) is 23.8 Å². The summed E-state index contributed by atoms with van der Waals surface area (Å²) < 4.78 is 24.1. The first-order valence-corrected chi connectivity index (χ1v) is 7.94. The van der Waals surface area contributed by atoms with E-state index < -0.39 is 9.84 Å². The molecule has 0 amide bonds. The molecule has 0 aliphatic carbocycles. The van der Waals surface area contributed by atoms with Crippen LogP contribution in [0.1, 0.15) is 11.6 Å². The van der Waals surface area contributed by atoms with Crippen LogP contribution in [0.2, 0.25) is 5.02 Å². The molecule has 1 aliphatic heterocycles. The maximum absolute atomic E-state index is 12.1. The summed E-state index contributed by atoms with van der Waals surface area (Å²) in [6, 6.07) is 14.2. The zero-order valence-corrected chi connectivity index (χ0v) is 11.6. The molecule has 3 rings (SSSR count). The molecule has 0 aromatic heterocycles. The van der Waals surface area contributed by atoms with Gasteiger partial charge in [0.2, 0.25) is 0 Å². The van der Waals surface area contributed by atoms with E-state index in [1.54, 1.807) is 18.2 Å². The molecule has 1 heterocycles. The van der Waals surface area contributed by atoms with Crippen LogP contribution in [0.15, 0.2) is 53.4 Å². The first kappa shape index (κ1) is 12.5.